The first-order chi connectivity index (χ1) is 6.56. The molecule has 82 valence electrons. The highest BCUT2D eigenvalue weighted by Gasteiger charge is 2.40. The number of hydrogen-bond acceptors (Lipinski definition) is 6. The molecule has 0 unspecified atom stereocenters. The lowest BCUT2D eigenvalue weighted by molar-refractivity contribution is -0.265. The molecule has 1 aliphatic heterocycles. The highest BCUT2D eigenvalue weighted by molar-refractivity contribution is 5.66. The number of methoxy groups -OCH3 is 1. The lowest BCUT2D eigenvalue weighted by Gasteiger charge is -2.35. The van der Waals surface area contributed by atoms with Crippen LogP contribution in [0.3, 0.4) is 0 Å². The van der Waals surface area contributed by atoms with Crippen LogP contribution in [0.15, 0.2) is 0 Å². The van der Waals surface area contributed by atoms with Crippen molar-refractivity contribution in [2.75, 3.05) is 13.7 Å². The van der Waals surface area contributed by atoms with Crippen molar-refractivity contribution in [2.24, 2.45) is 0 Å². The van der Waals surface area contributed by atoms with Gasteiger partial charge in [0.25, 0.3) is 0 Å². The molecule has 1 aliphatic rings. The van der Waals surface area contributed by atoms with Gasteiger partial charge in [0, 0.05) is 14.0 Å². The zero-order valence-electron chi connectivity index (χ0n) is 8.04. The van der Waals surface area contributed by atoms with Crippen molar-refractivity contribution in [2.45, 2.75) is 31.5 Å². The van der Waals surface area contributed by atoms with Crippen LogP contribution in [0, 0.1) is 0 Å². The number of esters is 1. The summed E-state index contributed by atoms with van der Waals surface area (Å²) >= 11 is 0. The quantitative estimate of drug-likeness (QED) is 0.543. The van der Waals surface area contributed by atoms with E-state index < -0.39 is 30.6 Å². The summed E-state index contributed by atoms with van der Waals surface area (Å²) in [5.74, 6) is -0.527. The van der Waals surface area contributed by atoms with Crippen molar-refractivity contribution in [1.29, 1.82) is 0 Å². The van der Waals surface area contributed by atoms with Gasteiger partial charge in [-0.25, -0.2) is 0 Å². The maximum absolute atomic E-state index is 10.6. The number of hydrogen-bond donors (Lipinski definition) is 2. The van der Waals surface area contributed by atoms with Gasteiger partial charge in [-0.05, 0) is 0 Å². The van der Waals surface area contributed by atoms with Crippen LogP contribution < -0.4 is 0 Å². The summed E-state index contributed by atoms with van der Waals surface area (Å²) in [7, 11) is 1.35. The average molecular weight is 206 g/mol. The SMILES string of the molecule is CO[C@H]1OC[C@@H](OC(C)=O)[C@H](O)[C@@H]1O. The molecule has 0 aromatic rings. The van der Waals surface area contributed by atoms with Crippen molar-refractivity contribution in [3.8, 4) is 0 Å². The summed E-state index contributed by atoms with van der Waals surface area (Å²) in [5, 5.41) is 18.9. The molecule has 0 aromatic heterocycles. The third-order valence-electron chi connectivity index (χ3n) is 1.98. The number of carbonyl (C=O) groups excluding carboxylic acids is 1. The largest absolute Gasteiger partial charge is 0.457 e. The normalized spacial score (nSPS) is 38.0. The van der Waals surface area contributed by atoms with E-state index in [-0.39, 0.29) is 6.61 Å². The van der Waals surface area contributed by atoms with Gasteiger partial charge in [0.1, 0.15) is 12.2 Å². The summed E-state index contributed by atoms with van der Waals surface area (Å²) < 4.78 is 14.5. The molecule has 0 spiro atoms. The first kappa shape index (κ1) is 11.4. The number of rotatable bonds is 2. The zero-order valence-corrected chi connectivity index (χ0v) is 8.04. The van der Waals surface area contributed by atoms with E-state index in [0.29, 0.717) is 0 Å². The number of aliphatic hydroxyl groups excluding tert-OH is 2. The Labute approximate surface area is 81.4 Å². The second-order valence-electron chi connectivity index (χ2n) is 3.07. The summed E-state index contributed by atoms with van der Waals surface area (Å²) in [5.41, 5.74) is 0. The van der Waals surface area contributed by atoms with Gasteiger partial charge in [-0.2, -0.15) is 0 Å². The number of ether oxygens (including phenoxy) is 3. The fourth-order valence-electron chi connectivity index (χ4n) is 1.29. The van der Waals surface area contributed by atoms with E-state index in [9.17, 15) is 15.0 Å². The van der Waals surface area contributed by atoms with Gasteiger partial charge < -0.3 is 24.4 Å². The molecule has 1 rings (SSSR count). The predicted octanol–water partition coefficient (Wildman–Crippen LogP) is -1.36. The molecule has 0 aliphatic carbocycles. The molecular weight excluding hydrogens is 192 g/mol. The monoisotopic (exact) mass is 206 g/mol. The van der Waals surface area contributed by atoms with Gasteiger partial charge in [0.2, 0.25) is 0 Å². The average Bonchev–Trinajstić information content (AvgIpc) is 2.13. The molecule has 0 aromatic carbocycles. The molecule has 2 N–H and O–H groups in total. The first-order valence-corrected chi connectivity index (χ1v) is 4.24. The molecule has 1 saturated heterocycles. The van der Waals surface area contributed by atoms with Gasteiger partial charge >= 0.3 is 5.97 Å². The van der Waals surface area contributed by atoms with Crippen molar-refractivity contribution in [3.05, 3.63) is 0 Å². The second-order valence-corrected chi connectivity index (χ2v) is 3.07. The summed E-state index contributed by atoms with van der Waals surface area (Å²) in [6.45, 7) is 1.23. The Bertz CT molecular complexity index is 206. The second kappa shape index (κ2) is 4.70. The lowest BCUT2D eigenvalue weighted by Crippen LogP contribution is -2.54. The van der Waals surface area contributed by atoms with Crippen LogP contribution in [0.25, 0.3) is 0 Å². The highest BCUT2D eigenvalue weighted by atomic mass is 16.7. The molecular formula is C8H14O6. The standard InChI is InChI=1S/C8H14O6/c1-4(9)14-5-3-13-8(12-2)7(11)6(5)10/h5-8,10-11H,3H2,1-2H3/t5-,6+,7+,8+/m1/s1. The van der Waals surface area contributed by atoms with Crippen LogP contribution in [0.1, 0.15) is 6.92 Å². The fourth-order valence-corrected chi connectivity index (χ4v) is 1.29. The van der Waals surface area contributed by atoms with E-state index >= 15 is 0 Å². The van der Waals surface area contributed by atoms with Gasteiger partial charge in [-0.15, -0.1) is 0 Å². The van der Waals surface area contributed by atoms with E-state index in [1.165, 1.54) is 14.0 Å². The zero-order chi connectivity index (χ0) is 10.7. The minimum atomic E-state index is -1.21. The van der Waals surface area contributed by atoms with Crippen LogP contribution in [-0.2, 0) is 19.0 Å². The van der Waals surface area contributed by atoms with Gasteiger partial charge in [0.05, 0.1) is 6.61 Å². The topological polar surface area (TPSA) is 85.2 Å². The summed E-state index contributed by atoms with van der Waals surface area (Å²) in [6, 6.07) is 0. The molecule has 6 nitrogen and oxygen atoms in total. The number of aliphatic hydroxyl groups is 2. The molecule has 1 fully saturated rings. The van der Waals surface area contributed by atoms with Crippen LogP contribution in [0.4, 0.5) is 0 Å². The Hall–Kier alpha value is -0.690. The first-order valence-electron chi connectivity index (χ1n) is 4.24. The molecule has 6 heteroatoms. The van der Waals surface area contributed by atoms with Gasteiger partial charge in [-0.1, -0.05) is 0 Å². The summed E-state index contributed by atoms with van der Waals surface area (Å²) in [6.07, 6.45) is -4.11. The van der Waals surface area contributed by atoms with Gasteiger partial charge in [-0.3, -0.25) is 4.79 Å². The molecule has 14 heavy (non-hydrogen) atoms. The van der Waals surface area contributed by atoms with Crippen molar-refractivity contribution < 1.29 is 29.2 Å². The van der Waals surface area contributed by atoms with Crippen LogP contribution in [-0.4, -0.2) is 54.5 Å². The minimum Gasteiger partial charge on any atom is -0.457 e. The minimum absolute atomic E-state index is 0.0102. The van der Waals surface area contributed by atoms with Crippen molar-refractivity contribution in [1.82, 2.24) is 0 Å². The maximum atomic E-state index is 10.6. The fraction of sp³-hybridized carbons (Fsp3) is 0.875. The van der Waals surface area contributed by atoms with Crippen LogP contribution >= 0.6 is 0 Å². The number of carbonyl (C=O) groups is 1. The molecule has 1 heterocycles. The van der Waals surface area contributed by atoms with Gasteiger partial charge in [0.15, 0.2) is 12.4 Å². The maximum Gasteiger partial charge on any atom is 0.303 e. The molecule has 0 bridgehead atoms. The Kier molecular flexibility index (Phi) is 3.82. The van der Waals surface area contributed by atoms with Crippen molar-refractivity contribution >= 4 is 5.97 Å². The summed E-state index contributed by atoms with van der Waals surface area (Å²) in [4.78, 5) is 10.6. The van der Waals surface area contributed by atoms with Crippen LogP contribution in [0.5, 0.6) is 0 Å². The Morgan fingerprint density at radius 3 is 2.57 bits per heavy atom. The van der Waals surface area contributed by atoms with E-state index in [4.69, 9.17) is 14.2 Å². The van der Waals surface area contributed by atoms with E-state index in [0.717, 1.165) is 0 Å². The Morgan fingerprint density at radius 2 is 2.07 bits per heavy atom. The predicted molar refractivity (Wildman–Crippen MR) is 44.3 cm³/mol. The highest BCUT2D eigenvalue weighted by Crippen LogP contribution is 2.18. The third-order valence-corrected chi connectivity index (χ3v) is 1.98. The molecule has 0 radical (unpaired) electrons. The third kappa shape index (κ3) is 2.42. The molecule has 4 atom stereocenters. The van der Waals surface area contributed by atoms with E-state index in [1.807, 2.05) is 0 Å². The Balaban J connectivity index is 2.54. The molecule has 0 saturated carbocycles. The smallest absolute Gasteiger partial charge is 0.303 e. The van der Waals surface area contributed by atoms with E-state index in [2.05, 4.69) is 0 Å². The lowest BCUT2D eigenvalue weighted by atomic mass is 10.1. The van der Waals surface area contributed by atoms with E-state index in [1.54, 1.807) is 0 Å². The molecule has 0 amide bonds. The Morgan fingerprint density at radius 1 is 1.43 bits per heavy atom. The van der Waals surface area contributed by atoms with Crippen molar-refractivity contribution in [3.63, 3.8) is 0 Å². The van der Waals surface area contributed by atoms with Crippen LogP contribution in [0.2, 0.25) is 0 Å².